The number of anilines is 1. The molecule has 1 aliphatic rings. The Balaban J connectivity index is 1.86. The molecule has 1 amide bonds. The van der Waals surface area contributed by atoms with E-state index in [0.717, 1.165) is 25.0 Å². The summed E-state index contributed by atoms with van der Waals surface area (Å²) in [5, 5.41) is 14.5. The third-order valence-corrected chi connectivity index (χ3v) is 3.98. The molecular weight excluding hydrogens is 328 g/mol. The highest BCUT2D eigenvalue weighted by Gasteiger charge is 2.25. The van der Waals surface area contributed by atoms with E-state index in [1.807, 2.05) is 0 Å². The zero-order valence-corrected chi connectivity index (χ0v) is 14.7. The first-order chi connectivity index (χ1) is 11.7. The van der Waals surface area contributed by atoms with E-state index in [2.05, 4.69) is 10.6 Å². The first kappa shape index (κ1) is 19.0. The summed E-state index contributed by atoms with van der Waals surface area (Å²) < 4.78 is 32.8. The molecule has 1 aliphatic carbocycles. The van der Waals surface area contributed by atoms with Crippen molar-refractivity contribution in [2.24, 2.45) is 0 Å². The summed E-state index contributed by atoms with van der Waals surface area (Å²) in [4.78, 5) is 11.8. The summed E-state index contributed by atoms with van der Waals surface area (Å²) in [5.41, 5.74) is -0.798. The number of carbonyl (C=O) groups is 1. The van der Waals surface area contributed by atoms with Crippen molar-refractivity contribution >= 4 is 11.8 Å². The summed E-state index contributed by atoms with van der Waals surface area (Å²) >= 11 is 0. The van der Waals surface area contributed by atoms with Crippen molar-refractivity contribution in [2.45, 2.75) is 64.1 Å². The third kappa shape index (κ3) is 5.59. The van der Waals surface area contributed by atoms with Gasteiger partial charge in [-0.25, -0.2) is 13.6 Å². The number of carbonyl (C=O) groups excluding carboxylic acids is 1. The first-order valence-electron chi connectivity index (χ1n) is 8.33. The molecule has 0 radical (unpaired) electrons. The van der Waals surface area contributed by atoms with Crippen molar-refractivity contribution in [3.05, 3.63) is 29.3 Å². The van der Waals surface area contributed by atoms with Crippen LogP contribution in [0.2, 0.25) is 0 Å². The molecule has 0 spiro atoms. The fraction of sp³-hybridized carbons (Fsp3) is 0.556. The zero-order valence-electron chi connectivity index (χ0n) is 14.7. The van der Waals surface area contributed by atoms with E-state index in [0.29, 0.717) is 12.8 Å². The number of ether oxygens (including phenoxy) is 1. The number of hydrogen-bond donors (Lipinski definition) is 2. The first-order valence-corrected chi connectivity index (χ1v) is 8.33. The molecule has 7 heteroatoms. The third-order valence-electron chi connectivity index (χ3n) is 3.98. The van der Waals surface area contributed by atoms with Crippen LogP contribution in [-0.4, -0.2) is 23.8 Å². The van der Waals surface area contributed by atoms with Gasteiger partial charge in [-0.1, -0.05) is 0 Å². The van der Waals surface area contributed by atoms with E-state index >= 15 is 0 Å². The number of nitrogens with one attached hydrogen (secondary N) is 2. The Bertz CT molecular complexity index is 672. The van der Waals surface area contributed by atoms with Crippen molar-refractivity contribution in [1.82, 2.24) is 5.32 Å². The number of hydrogen-bond acceptors (Lipinski definition) is 4. The van der Waals surface area contributed by atoms with Gasteiger partial charge in [0, 0.05) is 18.2 Å². The van der Waals surface area contributed by atoms with Crippen LogP contribution >= 0.6 is 0 Å². The Morgan fingerprint density at radius 1 is 1.16 bits per heavy atom. The SMILES string of the molecule is CC(C)(C)OC(=O)NC1CCC(Nc2cc(F)c(C#N)cc2F)CC1. The van der Waals surface area contributed by atoms with E-state index in [1.54, 1.807) is 26.8 Å². The van der Waals surface area contributed by atoms with E-state index in [-0.39, 0.29) is 23.3 Å². The molecule has 1 aromatic carbocycles. The quantitative estimate of drug-likeness (QED) is 0.860. The molecule has 0 heterocycles. The molecule has 0 saturated heterocycles. The summed E-state index contributed by atoms with van der Waals surface area (Å²) in [6.07, 6.45) is 2.42. The van der Waals surface area contributed by atoms with Crippen LogP contribution < -0.4 is 10.6 Å². The average Bonchev–Trinajstić information content (AvgIpc) is 2.50. The monoisotopic (exact) mass is 351 g/mol. The Hall–Kier alpha value is -2.36. The molecule has 0 aliphatic heterocycles. The van der Waals surface area contributed by atoms with Crippen LogP contribution in [0, 0.1) is 23.0 Å². The maximum Gasteiger partial charge on any atom is 0.407 e. The minimum atomic E-state index is -0.744. The van der Waals surface area contributed by atoms with Crippen molar-refractivity contribution in [3.8, 4) is 6.07 Å². The number of benzene rings is 1. The van der Waals surface area contributed by atoms with E-state index in [1.165, 1.54) is 0 Å². The minimum absolute atomic E-state index is 0.00967. The van der Waals surface area contributed by atoms with Crippen LogP contribution in [0.5, 0.6) is 0 Å². The smallest absolute Gasteiger partial charge is 0.407 e. The van der Waals surface area contributed by atoms with Crippen molar-refractivity contribution in [2.75, 3.05) is 5.32 Å². The van der Waals surface area contributed by atoms with Gasteiger partial charge in [-0.05, 0) is 52.5 Å². The summed E-state index contributed by atoms with van der Waals surface area (Å²) in [6, 6.07) is 3.52. The fourth-order valence-electron chi connectivity index (χ4n) is 2.82. The average molecular weight is 351 g/mol. The highest BCUT2D eigenvalue weighted by molar-refractivity contribution is 5.68. The van der Waals surface area contributed by atoms with E-state index < -0.39 is 23.3 Å². The van der Waals surface area contributed by atoms with Gasteiger partial charge in [0.15, 0.2) is 0 Å². The van der Waals surface area contributed by atoms with Gasteiger partial charge in [-0.2, -0.15) is 5.26 Å². The molecule has 25 heavy (non-hydrogen) atoms. The lowest BCUT2D eigenvalue weighted by Gasteiger charge is -2.31. The number of amides is 1. The highest BCUT2D eigenvalue weighted by Crippen LogP contribution is 2.25. The van der Waals surface area contributed by atoms with Gasteiger partial charge in [-0.15, -0.1) is 0 Å². The van der Waals surface area contributed by atoms with Crippen LogP contribution in [0.4, 0.5) is 19.3 Å². The molecule has 2 rings (SSSR count). The number of nitriles is 1. The lowest BCUT2D eigenvalue weighted by atomic mass is 9.91. The largest absolute Gasteiger partial charge is 0.444 e. The van der Waals surface area contributed by atoms with Gasteiger partial charge in [0.25, 0.3) is 0 Å². The topological polar surface area (TPSA) is 74.2 Å². The lowest BCUT2D eigenvalue weighted by Crippen LogP contribution is -2.42. The summed E-state index contributed by atoms with van der Waals surface area (Å²) in [6.45, 7) is 5.41. The van der Waals surface area contributed by atoms with Crippen molar-refractivity contribution in [1.29, 1.82) is 5.26 Å². The van der Waals surface area contributed by atoms with Crippen molar-refractivity contribution < 1.29 is 18.3 Å². The summed E-state index contributed by atoms with van der Waals surface area (Å²) in [5.74, 6) is -1.39. The van der Waals surface area contributed by atoms with Gasteiger partial charge >= 0.3 is 6.09 Å². The Kier molecular flexibility index (Phi) is 5.83. The Morgan fingerprint density at radius 3 is 2.32 bits per heavy atom. The maximum atomic E-state index is 13.9. The second-order valence-electron chi connectivity index (χ2n) is 7.26. The predicted molar refractivity (Wildman–Crippen MR) is 90.1 cm³/mol. The maximum absolute atomic E-state index is 13.9. The highest BCUT2D eigenvalue weighted by atomic mass is 19.1. The predicted octanol–water partition coefficient (Wildman–Crippen LogP) is 4.08. The molecule has 1 saturated carbocycles. The van der Waals surface area contributed by atoms with Gasteiger partial charge in [0.2, 0.25) is 0 Å². The second kappa shape index (κ2) is 7.68. The minimum Gasteiger partial charge on any atom is -0.444 e. The van der Waals surface area contributed by atoms with E-state index in [9.17, 15) is 13.6 Å². The van der Waals surface area contributed by atoms with Crippen LogP contribution in [0.15, 0.2) is 12.1 Å². The van der Waals surface area contributed by atoms with Crippen LogP contribution in [0.25, 0.3) is 0 Å². The molecule has 1 fully saturated rings. The Labute approximate surface area is 146 Å². The Morgan fingerprint density at radius 2 is 1.76 bits per heavy atom. The zero-order chi connectivity index (χ0) is 18.6. The number of nitrogens with zero attached hydrogens (tertiary/aromatic N) is 1. The fourth-order valence-corrected chi connectivity index (χ4v) is 2.82. The van der Waals surface area contributed by atoms with Crippen LogP contribution in [-0.2, 0) is 4.74 Å². The molecule has 5 nitrogen and oxygen atoms in total. The van der Waals surface area contributed by atoms with Gasteiger partial charge in [-0.3, -0.25) is 0 Å². The van der Waals surface area contributed by atoms with Crippen LogP contribution in [0.3, 0.4) is 0 Å². The van der Waals surface area contributed by atoms with Crippen molar-refractivity contribution in [3.63, 3.8) is 0 Å². The second-order valence-corrected chi connectivity index (χ2v) is 7.26. The molecule has 0 unspecified atom stereocenters. The molecule has 0 aromatic heterocycles. The number of halogens is 2. The van der Waals surface area contributed by atoms with Crippen LogP contribution in [0.1, 0.15) is 52.0 Å². The normalized spacial score (nSPS) is 20.5. The van der Waals surface area contributed by atoms with Gasteiger partial charge in [0.05, 0.1) is 11.3 Å². The molecule has 0 bridgehead atoms. The molecule has 0 atom stereocenters. The molecule has 2 N–H and O–H groups in total. The number of rotatable bonds is 3. The number of alkyl carbamates (subject to hydrolysis) is 1. The van der Waals surface area contributed by atoms with E-state index in [4.69, 9.17) is 10.00 Å². The summed E-state index contributed by atoms with van der Waals surface area (Å²) in [7, 11) is 0. The standard InChI is InChI=1S/C18H23F2N3O2/c1-18(2,3)25-17(24)23-13-6-4-12(5-7-13)22-16-9-14(19)11(10-21)8-15(16)20/h8-9,12-13,22H,4-7H2,1-3H3,(H,23,24). The van der Waals surface area contributed by atoms with Gasteiger partial charge < -0.3 is 15.4 Å². The molecule has 1 aromatic rings. The molecular formula is C18H23F2N3O2. The van der Waals surface area contributed by atoms with Gasteiger partial charge in [0.1, 0.15) is 23.3 Å². The molecule has 136 valence electrons. The lowest BCUT2D eigenvalue weighted by molar-refractivity contribution is 0.0492.